The number of nitrogens with zero attached hydrogens (tertiary/aromatic N) is 1. The van der Waals surface area contributed by atoms with Gasteiger partial charge in [0.15, 0.2) is 0 Å². The first-order chi connectivity index (χ1) is 10.0. The van der Waals surface area contributed by atoms with Gasteiger partial charge in [0.2, 0.25) is 0 Å². The van der Waals surface area contributed by atoms with Crippen LogP contribution in [0.4, 0.5) is 10.1 Å². The first-order valence-electron chi connectivity index (χ1n) is 5.95. The van der Waals surface area contributed by atoms with Crippen LogP contribution in [0.5, 0.6) is 5.75 Å². The molecule has 2 aromatic rings. The lowest BCUT2D eigenvalue weighted by Gasteiger charge is -2.09. The van der Waals surface area contributed by atoms with E-state index in [1.165, 1.54) is 30.3 Å². The molecule has 3 N–H and O–H groups in total. The lowest BCUT2D eigenvalue weighted by atomic mass is 10.1. The summed E-state index contributed by atoms with van der Waals surface area (Å²) >= 11 is 0. The van der Waals surface area contributed by atoms with E-state index in [0.29, 0.717) is 0 Å². The van der Waals surface area contributed by atoms with Gasteiger partial charge in [0, 0.05) is 11.3 Å². The number of aromatic carboxylic acids is 1. The van der Waals surface area contributed by atoms with Crippen LogP contribution in [0.3, 0.4) is 0 Å². The highest BCUT2D eigenvalue weighted by Crippen LogP contribution is 2.21. The molecule has 0 fully saturated rings. The number of carboxylic acids is 1. The molecule has 0 aliphatic heterocycles. The zero-order valence-electron chi connectivity index (χ0n) is 10.8. The summed E-state index contributed by atoms with van der Waals surface area (Å²) in [4.78, 5) is 10.9. The fourth-order valence-electron chi connectivity index (χ4n) is 1.71. The number of hydrogen-bond acceptors (Lipinski definition) is 4. The molecule has 0 saturated heterocycles. The third-order valence-corrected chi connectivity index (χ3v) is 2.83. The zero-order chi connectivity index (χ0) is 15.4. The standard InChI is InChI=1S/C15H11FN2O3/c16-13-5-9(7-17)1-2-10(13)8-21-11-3-4-14(18)12(6-11)15(19)20/h1-6H,8,18H2,(H,19,20). The van der Waals surface area contributed by atoms with Gasteiger partial charge in [-0.3, -0.25) is 0 Å². The first-order valence-corrected chi connectivity index (χ1v) is 5.95. The average Bonchev–Trinajstić information content (AvgIpc) is 2.47. The van der Waals surface area contributed by atoms with Gasteiger partial charge in [-0.15, -0.1) is 0 Å². The minimum Gasteiger partial charge on any atom is -0.489 e. The van der Waals surface area contributed by atoms with E-state index in [9.17, 15) is 9.18 Å². The number of nitrogens with two attached hydrogens (primary N) is 1. The van der Waals surface area contributed by atoms with Crippen molar-refractivity contribution in [1.29, 1.82) is 5.26 Å². The predicted octanol–water partition coefficient (Wildman–Crippen LogP) is 2.56. The van der Waals surface area contributed by atoms with Crippen molar-refractivity contribution in [1.82, 2.24) is 0 Å². The number of rotatable bonds is 4. The molecule has 0 aliphatic rings. The average molecular weight is 286 g/mol. The maximum absolute atomic E-state index is 13.7. The van der Waals surface area contributed by atoms with Gasteiger partial charge < -0.3 is 15.6 Å². The Morgan fingerprint density at radius 3 is 2.71 bits per heavy atom. The molecule has 0 radical (unpaired) electrons. The smallest absolute Gasteiger partial charge is 0.337 e. The Morgan fingerprint density at radius 2 is 2.10 bits per heavy atom. The summed E-state index contributed by atoms with van der Waals surface area (Å²) in [5.41, 5.74) is 6.06. The van der Waals surface area contributed by atoms with Crippen molar-refractivity contribution in [3.63, 3.8) is 0 Å². The van der Waals surface area contributed by atoms with Crippen molar-refractivity contribution >= 4 is 11.7 Å². The molecule has 0 amide bonds. The molecular formula is C15H11FN2O3. The lowest BCUT2D eigenvalue weighted by Crippen LogP contribution is -2.04. The van der Waals surface area contributed by atoms with Crippen LogP contribution >= 0.6 is 0 Å². The van der Waals surface area contributed by atoms with E-state index in [1.807, 2.05) is 6.07 Å². The quantitative estimate of drug-likeness (QED) is 0.842. The second kappa shape index (κ2) is 5.92. The summed E-state index contributed by atoms with van der Waals surface area (Å²) in [5.74, 6) is -1.45. The molecule has 2 aromatic carbocycles. The van der Waals surface area contributed by atoms with E-state index in [0.717, 1.165) is 6.07 Å². The molecule has 0 atom stereocenters. The Labute approximate surface area is 120 Å². The second-order valence-electron chi connectivity index (χ2n) is 4.26. The number of benzene rings is 2. The third kappa shape index (κ3) is 3.28. The van der Waals surface area contributed by atoms with Crippen molar-refractivity contribution in [3.8, 4) is 11.8 Å². The van der Waals surface area contributed by atoms with Gasteiger partial charge in [0.05, 0.1) is 17.2 Å². The van der Waals surface area contributed by atoms with Gasteiger partial charge in [-0.2, -0.15) is 5.26 Å². The van der Waals surface area contributed by atoms with Crippen molar-refractivity contribution in [2.45, 2.75) is 6.61 Å². The van der Waals surface area contributed by atoms with Crippen LogP contribution in [0.15, 0.2) is 36.4 Å². The van der Waals surface area contributed by atoms with Gasteiger partial charge in [0.1, 0.15) is 18.2 Å². The van der Waals surface area contributed by atoms with Crippen LogP contribution < -0.4 is 10.5 Å². The van der Waals surface area contributed by atoms with Crippen LogP contribution in [0.1, 0.15) is 21.5 Å². The minimum absolute atomic E-state index is 0.0761. The van der Waals surface area contributed by atoms with Gasteiger partial charge >= 0.3 is 5.97 Å². The van der Waals surface area contributed by atoms with Crippen molar-refractivity contribution in [2.24, 2.45) is 0 Å². The second-order valence-corrected chi connectivity index (χ2v) is 4.26. The monoisotopic (exact) mass is 286 g/mol. The molecule has 0 aromatic heterocycles. The van der Waals surface area contributed by atoms with E-state index >= 15 is 0 Å². The number of carbonyl (C=O) groups is 1. The van der Waals surface area contributed by atoms with Crippen LogP contribution in [0.2, 0.25) is 0 Å². The van der Waals surface area contributed by atoms with Crippen molar-refractivity contribution in [3.05, 3.63) is 58.9 Å². The molecule has 0 bridgehead atoms. The van der Waals surface area contributed by atoms with Gasteiger partial charge in [-0.05, 0) is 30.3 Å². The Bertz CT molecular complexity index is 738. The molecule has 2 rings (SSSR count). The highest BCUT2D eigenvalue weighted by atomic mass is 19.1. The van der Waals surface area contributed by atoms with E-state index in [1.54, 1.807) is 0 Å². The summed E-state index contributed by atoms with van der Waals surface area (Å²) in [7, 11) is 0. The maximum Gasteiger partial charge on any atom is 0.337 e. The molecule has 5 nitrogen and oxygen atoms in total. The lowest BCUT2D eigenvalue weighted by molar-refractivity contribution is 0.0697. The summed E-state index contributed by atoms with van der Waals surface area (Å²) in [6, 6.07) is 10.1. The van der Waals surface area contributed by atoms with E-state index in [-0.39, 0.29) is 34.7 Å². The normalized spacial score (nSPS) is 9.90. The Morgan fingerprint density at radius 1 is 1.33 bits per heavy atom. The number of ether oxygens (including phenoxy) is 1. The number of carboxylic acid groups (broad SMARTS) is 1. The fraction of sp³-hybridized carbons (Fsp3) is 0.0667. The molecule has 0 aliphatic carbocycles. The highest BCUT2D eigenvalue weighted by Gasteiger charge is 2.10. The van der Waals surface area contributed by atoms with Gasteiger partial charge in [0.25, 0.3) is 0 Å². The first kappa shape index (κ1) is 14.3. The number of nitriles is 1. The molecule has 6 heteroatoms. The maximum atomic E-state index is 13.7. The van der Waals surface area contributed by atoms with Gasteiger partial charge in [-0.1, -0.05) is 6.07 Å². The zero-order valence-corrected chi connectivity index (χ0v) is 10.8. The molecule has 0 unspecified atom stereocenters. The Hall–Kier alpha value is -3.07. The Balaban J connectivity index is 2.15. The molecule has 0 spiro atoms. The van der Waals surface area contributed by atoms with E-state index < -0.39 is 11.8 Å². The van der Waals surface area contributed by atoms with Crippen LogP contribution in [0.25, 0.3) is 0 Å². The van der Waals surface area contributed by atoms with Crippen molar-refractivity contribution < 1.29 is 19.0 Å². The highest BCUT2D eigenvalue weighted by molar-refractivity contribution is 5.94. The predicted molar refractivity (Wildman–Crippen MR) is 73.3 cm³/mol. The fourth-order valence-corrected chi connectivity index (χ4v) is 1.71. The van der Waals surface area contributed by atoms with Crippen LogP contribution in [-0.2, 0) is 6.61 Å². The number of hydrogen-bond donors (Lipinski definition) is 2. The molecule has 21 heavy (non-hydrogen) atoms. The summed E-state index contributed by atoms with van der Waals surface area (Å²) in [6.45, 7) is -0.0828. The number of nitrogen functional groups attached to an aromatic ring is 1. The number of halogens is 1. The van der Waals surface area contributed by atoms with Crippen molar-refractivity contribution in [2.75, 3.05) is 5.73 Å². The summed E-state index contributed by atoms with van der Waals surface area (Å²) in [5, 5.41) is 17.6. The summed E-state index contributed by atoms with van der Waals surface area (Å²) in [6.07, 6.45) is 0. The van der Waals surface area contributed by atoms with E-state index in [2.05, 4.69) is 0 Å². The summed E-state index contributed by atoms with van der Waals surface area (Å²) < 4.78 is 19.0. The molecule has 0 heterocycles. The van der Waals surface area contributed by atoms with E-state index in [4.69, 9.17) is 20.8 Å². The SMILES string of the molecule is N#Cc1ccc(COc2ccc(N)c(C(=O)O)c2)c(F)c1. The Kier molecular flexibility index (Phi) is 4.05. The third-order valence-electron chi connectivity index (χ3n) is 2.83. The van der Waals surface area contributed by atoms with Crippen LogP contribution in [-0.4, -0.2) is 11.1 Å². The van der Waals surface area contributed by atoms with Gasteiger partial charge in [-0.25, -0.2) is 9.18 Å². The molecule has 0 saturated carbocycles. The van der Waals surface area contributed by atoms with Crippen LogP contribution in [0, 0.1) is 17.1 Å². The minimum atomic E-state index is -1.16. The molecule has 106 valence electrons. The topological polar surface area (TPSA) is 96.3 Å². The number of anilines is 1. The molecular weight excluding hydrogens is 275 g/mol. The largest absolute Gasteiger partial charge is 0.489 e.